The molecule has 0 fully saturated rings. The van der Waals surface area contributed by atoms with Crippen molar-refractivity contribution in [1.29, 1.82) is 5.26 Å². The van der Waals surface area contributed by atoms with E-state index in [0.29, 0.717) is 6.42 Å². The molecule has 0 aromatic carbocycles. The van der Waals surface area contributed by atoms with Crippen molar-refractivity contribution in [3.8, 4) is 6.07 Å². The number of nitriles is 1. The first-order valence-electron chi connectivity index (χ1n) is 3.50. The van der Waals surface area contributed by atoms with Gasteiger partial charge in [-0.3, -0.25) is 4.98 Å². The number of rotatable bonds is 4. The Morgan fingerprint density at radius 3 is 2.83 bits per heavy atom. The standard InChI is InChI=1S/C8H8N2S2/c9-4-1-7-11-12-8-2-5-10-6-3-8/h2-3,5-6H,1,7H2. The van der Waals surface area contributed by atoms with E-state index >= 15 is 0 Å². The zero-order valence-electron chi connectivity index (χ0n) is 6.43. The summed E-state index contributed by atoms with van der Waals surface area (Å²) in [4.78, 5) is 5.10. The third-order valence-electron chi connectivity index (χ3n) is 1.10. The van der Waals surface area contributed by atoms with Gasteiger partial charge in [-0.1, -0.05) is 21.6 Å². The molecule has 0 aliphatic heterocycles. The maximum Gasteiger partial charge on any atom is 0.0630 e. The molecule has 0 aliphatic rings. The van der Waals surface area contributed by atoms with Gasteiger partial charge in [0, 0.05) is 29.5 Å². The molecule has 1 heterocycles. The molecule has 0 N–H and O–H groups in total. The average molecular weight is 196 g/mol. The van der Waals surface area contributed by atoms with Gasteiger partial charge in [0.15, 0.2) is 0 Å². The smallest absolute Gasteiger partial charge is 0.0630 e. The van der Waals surface area contributed by atoms with Crippen LogP contribution in [0.4, 0.5) is 0 Å². The van der Waals surface area contributed by atoms with Crippen LogP contribution in [0.5, 0.6) is 0 Å². The second-order valence-electron chi connectivity index (χ2n) is 2.00. The van der Waals surface area contributed by atoms with Crippen LogP contribution in [-0.2, 0) is 0 Å². The lowest BCUT2D eigenvalue weighted by atomic mass is 10.5. The normalized spacial score (nSPS) is 9.25. The lowest BCUT2D eigenvalue weighted by Gasteiger charge is -1.96. The van der Waals surface area contributed by atoms with Crippen LogP contribution in [0.15, 0.2) is 29.4 Å². The van der Waals surface area contributed by atoms with Crippen LogP contribution < -0.4 is 0 Å². The molecule has 0 saturated carbocycles. The van der Waals surface area contributed by atoms with Gasteiger partial charge in [0.05, 0.1) is 6.07 Å². The van der Waals surface area contributed by atoms with Crippen molar-refractivity contribution in [3.63, 3.8) is 0 Å². The van der Waals surface area contributed by atoms with Crippen molar-refractivity contribution in [2.75, 3.05) is 5.75 Å². The molecular weight excluding hydrogens is 188 g/mol. The quantitative estimate of drug-likeness (QED) is 0.548. The summed E-state index contributed by atoms with van der Waals surface area (Å²) in [6.07, 6.45) is 4.16. The fourth-order valence-electron chi connectivity index (χ4n) is 0.591. The van der Waals surface area contributed by atoms with E-state index in [1.54, 1.807) is 34.0 Å². The number of hydrogen-bond acceptors (Lipinski definition) is 4. The monoisotopic (exact) mass is 196 g/mol. The van der Waals surface area contributed by atoms with E-state index in [0.717, 1.165) is 5.75 Å². The lowest BCUT2D eigenvalue weighted by molar-refractivity contribution is 1.25. The molecule has 0 radical (unpaired) electrons. The number of nitrogens with zero attached hydrogens (tertiary/aromatic N) is 2. The highest BCUT2D eigenvalue weighted by atomic mass is 33.1. The molecule has 4 heteroatoms. The number of hydrogen-bond donors (Lipinski definition) is 0. The summed E-state index contributed by atoms with van der Waals surface area (Å²) in [5, 5.41) is 8.28. The first-order chi connectivity index (χ1) is 5.93. The maximum atomic E-state index is 8.28. The van der Waals surface area contributed by atoms with E-state index in [1.165, 1.54) is 4.90 Å². The second kappa shape index (κ2) is 5.92. The number of pyridine rings is 1. The van der Waals surface area contributed by atoms with Crippen molar-refractivity contribution in [3.05, 3.63) is 24.5 Å². The fraction of sp³-hybridized carbons (Fsp3) is 0.250. The molecule has 12 heavy (non-hydrogen) atoms. The predicted molar refractivity (Wildman–Crippen MR) is 52.8 cm³/mol. The van der Waals surface area contributed by atoms with Crippen molar-refractivity contribution in [2.24, 2.45) is 0 Å². The lowest BCUT2D eigenvalue weighted by Crippen LogP contribution is -1.72. The van der Waals surface area contributed by atoms with Gasteiger partial charge in [0.25, 0.3) is 0 Å². The van der Waals surface area contributed by atoms with E-state index in [1.807, 2.05) is 12.1 Å². The van der Waals surface area contributed by atoms with Gasteiger partial charge >= 0.3 is 0 Å². The fourth-order valence-corrected chi connectivity index (χ4v) is 2.46. The van der Waals surface area contributed by atoms with Crippen LogP contribution in [0.2, 0.25) is 0 Å². The summed E-state index contributed by atoms with van der Waals surface area (Å²) < 4.78 is 0. The van der Waals surface area contributed by atoms with Crippen molar-refractivity contribution in [2.45, 2.75) is 11.3 Å². The van der Waals surface area contributed by atoms with Gasteiger partial charge < -0.3 is 0 Å². The summed E-state index contributed by atoms with van der Waals surface area (Å²) >= 11 is 0. The molecule has 0 unspecified atom stereocenters. The van der Waals surface area contributed by atoms with Gasteiger partial charge in [0.2, 0.25) is 0 Å². The largest absolute Gasteiger partial charge is 0.265 e. The third kappa shape index (κ3) is 3.65. The predicted octanol–water partition coefficient (Wildman–Crippen LogP) is 2.74. The van der Waals surface area contributed by atoms with Gasteiger partial charge in [-0.15, -0.1) is 0 Å². The van der Waals surface area contributed by atoms with E-state index in [4.69, 9.17) is 5.26 Å². The van der Waals surface area contributed by atoms with Crippen LogP contribution in [0.25, 0.3) is 0 Å². The van der Waals surface area contributed by atoms with Crippen molar-refractivity contribution < 1.29 is 0 Å². The minimum Gasteiger partial charge on any atom is -0.265 e. The Labute approximate surface area is 79.8 Å². The summed E-state index contributed by atoms with van der Waals surface area (Å²) in [5.74, 6) is 0.878. The van der Waals surface area contributed by atoms with E-state index in [-0.39, 0.29) is 0 Å². The summed E-state index contributed by atoms with van der Waals surface area (Å²) in [7, 11) is 3.38. The zero-order chi connectivity index (χ0) is 8.65. The summed E-state index contributed by atoms with van der Waals surface area (Å²) in [6, 6.07) is 6.03. The van der Waals surface area contributed by atoms with Crippen LogP contribution in [0, 0.1) is 11.3 Å². The Morgan fingerprint density at radius 2 is 2.17 bits per heavy atom. The Kier molecular flexibility index (Phi) is 4.65. The summed E-state index contributed by atoms with van der Waals surface area (Å²) in [5.41, 5.74) is 0. The molecule has 0 aliphatic carbocycles. The SMILES string of the molecule is N#CCCSSc1ccncc1. The average Bonchev–Trinajstić information content (AvgIpc) is 2.14. The van der Waals surface area contributed by atoms with Gasteiger partial charge in [-0.05, 0) is 12.1 Å². The molecule has 2 nitrogen and oxygen atoms in total. The molecule has 0 bridgehead atoms. The minimum atomic E-state index is 0.614. The first kappa shape index (κ1) is 9.43. The van der Waals surface area contributed by atoms with Crippen molar-refractivity contribution >= 4 is 21.6 Å². The Bertz CT molecular complexity index is 256. The zero-order valence-corrected chi connectivity index (χ0v) is 8.07. The van der Waals surface area contributed by atoms with Crippen molar-refractivity contribution in [1.82, 2.24) is 4.98 Å². The highest BCUT2D eigenvalue weighted by Crippen LogP contribution is 2.30. The molecule has 1 aromatic rings. The molecule has 1 rings (SSSR count). The molecule has 0 atom stereocenters. The van der Waals surface area contributed by atoms with E-state index in [2.05, 4.69) is 11.1 Å². The van der Waals surface area contributed by atoms with Gasteiger partial charge in [-0.2, -0.15) is 5.26 Å². The van der Waals surface area contributed by atoms with E-state index in [9.17, 15) is 0 Å². The molecule has 0 spiro atoms. The van der Waals surface area contributed by atoms with E-state index < -0.39 is 0 Å². The minimum absolute atomic E-state index is 0.614. The maximum absolute atomic E-state index is 8.28. The first-order valence-corrected chi connectivity index (χ1v) is 5.82. The number of aromatic nitrogens is 1. The molecule has 0 saturated heterocycles. The molecular formula is C8H8N2S2. The van der Waals surface area contributed by atoms with Gasteiger partial charge in [0.1, 0.15) is 0 Å². The second-order valence-corrected chi connectivity index (χ2v) is 4.49. The van der Waals surface area contributed by atoms with Gasteiger partial charge in [-0.25, -0.2) is 0 Å². The Morgan fingerprint density at radius 1 is 1.42 bits per heavy atom. The van der Waals surface area contributed by atoms with Crippen LogP contribution in [-0.4, -0.2) is 10.7 Å². The van der Waals surface area contributed by atoms with Crippen LogP contribution >= 0.6 is 21.6 Å². The Hall–Kier alpha value is -0.660. The van der Waals surface area contributed by atoms with Crippen LogP contribution in [0.3, 0.4) is 0 Å². The topological polar surface area (TPSA) is 36.7 Å². The highest BCUT2D eigenvalue weighted by Gasteiger charge is 1.92. The summed E-state index contributed by atoms with van der Waals surface area (Å²) in [6.45, 7) is 0. The van der Waals surface area contributed by atoms with Crippen LogP contribution in [0.1, 0.15) is 6.42 Å². The molecule has 1 aromatic heterocycles. The Balaban J connectivity index is 2.21. The molecule has 0 amide bonds. The molecule has 62 valence electrons. The third-order valence-corrected chi connectivity index (χ3v) is 3.49. The highest BCUT2D eigenvalue weighted by molar-refractivity contribution is 8.76.